The monoisotopic (exact) mass is 346 g/mol. The molecule has 0 unspecified atom stereocenters. The molecule has 0 aliphatic carbocycles. The first-order valence-electron chi connectivity index (χ1n) is 8.03. The average Bonchev–Trinajstić information content (AvgIpc) is 2.57. The summed E-state index contributed by atoms with van der Waals surface area (Å²) in [4.78, 5) is 16.5. The van der Waals surface area contributed by atoms with E-state index in [4.69, 9.17) is 11.6 Å². The van der Waals surface area contributed by atoms with Gasteiger partial charge in [0.1, 0.15) is 5.82 Å². The van der Waals surface area contributed by atoms with Gasteiger partial charge < -0.3 is 9.80 Å². The van der Waals surface area contributed by atoms with Crippen LogP contribution in [0.4, 0.5) is 10.1 Å². The van der Waals surface area contributed by atoms with Gasteiger partial charge in [0.15, 0.2) is 0 Å². The molecule has 24 heavy (non-hydrogen) atoms. The summed E-state index contributed by atoms with van der Waals surface area (Å²) in [5.41, 5.74) is 3.68. The third-order valence-electron chi connectivity index (χ3n) is 4.66. The van der Waals surface area contributed by atoms with Gasteiger partial charge in [0, 0.05) is 31.9 Å². The van der Waals surface area contributed by atoms with Crippen LogP contribution in [0.15, 0.2) is 36.4 Å². The molecular formula is C19H20ClFN2O. The number of rotatable bonds is 2. The SMILES string of the molecule is Cc1cccc(N2CCN(C(=O)c3c(F)cccc3Cl)CC2)c1C. The highest BCUT2D eigenvalue weighted by molar-refractivity contribution is 6.33. The minimum absolute atomic E-state index is 0.0284. The van der Waals surface area contributed by atoms with Crippen molar-refractivity contribution in [3.05, 3.63) is 63.9 Å². The van der Waals surface area contributed by atoms with Crippen LogP contribution < -0.4 is 4.90 Å². The number of benzene rings is 2. The predicted octanol–water partition coefficient (Wildman–Crippen LogP) is 4.06. The third kappa shape index (κ3) is 3.11. The molecule has 1 heterocycles. The van der Waals surface area contributed by atoms with Crippen LogP contribution in [0.2, 0.25) is 5.02 Å². The Kier molecular flexibility index (Phi) is 4.76. The Morgan fingerprint density at radius 2 is 1.71 bits per heavy atom. The Hall–Kier alpha value is -2.07. The number of amides is 1. The van der Waals surface area contributed by atoms with Gasteiger partial charge in [-0.1, -0.05) is 29.8 Å². The predicted molar refractivity (Wildman–Crippen MR) is 95.4 cm³/mol. The molecule has 1 aliphatic rings. The molecule has 0 atom stereocenters. The van der Waals surface area contributed by atoms with Gasteiger partial charge in [-0.3, -0.25) is 4.79 Å². The lowest BCUT2D eigenvalue weighted by Crippen LogP contribution is -2.49. The van der Waals surface area contributed by atoms with Crippen molar-refractivity contribution in [2.24, 2.45) is 0 Å². The zero-order valence-corrected chi connectivity index (χ0v) is 14.6. The van der Waals surface area contributed by atoms with Gasteiger partial charge in [-0.25, -0.2) is 4.39 Å². The van der Waals surface area contributed by atoms with Crippen molar-refractivity contribution in [3.63, 3.8) is 0 Å². The van der Waals surface area contributed by atoms with Gasteiger partial charge in [-0.2, -0.15) is 0 Å². The van der Waals surface area contributed by atoms with Crippen molar-refractivity contribution in [1.82, 2.24) is 4.90 Å². The van der Waals surface area contributed by atoms with Crippen LogP contribution in [-0.2, 0) is 0 Å². The van der Waals surface area contributed by atoms with Crippen LogP contribution in [0.1, 0.15) is 21.5 Å². The highest BCUT2D eigenvalue weighted by Gasteiger charge is 2.26. The Balaban J connectivity index is 1.73. The quantitative estimate of drug-likeness (QED) is 0.818. The molecule has 2 aromatic rings. The van der Waals surface area contributed by atoms with Crippen LogP contribution in [0.25, 0.3) is 0 Å². The number of anilines is 1. The van der Waals surface area contributed by atoms with Crippen molar-refractivity contribution < 1.29 is 9.18 Å². The molecular weight excluding hydrogens is 327 g/mol. The highest BCUT2D eigenvalue weighted by Crippen LogP contribution is 2.25. The Morgan fingerprint density at radius 1 is 1.04 bits per heavy atom. The standard InChI is InChI=1S/C19H20ClFN2O/c1-13-5-3-8-17(14(13)2)22-9-11-23(12-10-22)19(24)18-15(20)6-4-7-16(18)21/h3-8H,9-12H2,1-2H3. The van der Waals surface area contributed by atoms with E-state index in [1.165, 1.54) is 28.9 Å². The lowest BCUT2D eigenvalue weighted by atomic mass is 10.1. The zero-order valence-electron chi connectivity index (χ0n) is 13.9. The Labute approximate surface area is 146 Å². The molecule has 5 heteroatoms. The van der Waals surface area contributed by atoms with Gasteiger partial charge in [0.2, 0.25) is 0 Å². The summed E-state index contributed by atoms with van der Waals surface area (Å²) in [6, 6.07) is 10.6. The molecule has 1 amide bonds. The molecule has 1 saturated heterocycles. The van der Waals surface area contributed by atoms with E-state index in [9.17, 15) is 9.18 Å². The molecule has 126 valence electrons. The van der Waals surface area contributed by atoms with Crippen LogP contribution in [-0.4, -0.2) is 37.0 Å². The molecule has 0 spiro atoms. The zero-order chi connectivity index (χ0) is 17.3. The number of carbonyl (C=O) groups excluding carboxylic acids is 1. The van der Waals surface area contributed by atoms with Crippen molar-refractivity contribution >= 4 is 23.2 Å². The summed E-state index contributed by atoms with van der Waals surface area (Å²) < 4.78 is 14.0. The highest BCUT2D eigenvalue weighted by atomic mass is 35.5. The molecule has 1 fully saturated rings. The number of carbonyl (C=O) groups is 1. The van der Waals surface area contributed by atoms with E-state index in [1.807, 2.05) is 6.07 Å². The topological polar surface area (TPSA) is 23.6 Å². The first kappa shape index (κ1) is 16.8. The minimum Gasteiger partial charge on any atom is -0.368 e. The molecule has 0 bridgehead atoms. The fourth-order valence-electron chi connectivity index (χ4n) is 3.09. The van der Waals surface area contributed by atoms with Crippen LogP contribution in [0.3, 0.4) is 0 Å². The number of aryl methyl sites for hydroxylation is 1. The summed E-state index contributed by atoms with van der Waals surface area (Å²) in [7, 11) is 0. The van der Waals surface area contributed by atoms with E-state index < -0.39 is 5.82 Å². The van der Waals surface area contributed by atoms with E-state index >= 15 is 0 Å². The maximum atomic E-state index is 14.0. The first-order chi connectivity index (χ1) is 11.5. The van der Waals surface area contributed by atoms with E-state index in [0.717, 1.165) is 13.1 Å². The molecule has 0 N–H and O–H groups in total. The van der Waals surface area contributed by atoms with Gasteiger partial charge in [-0.05, 0) is 43.2 Å². The molecule has 2 aromatic carbocycles. The van der Waals surface area contributed by atoms with Gasteiger partial charge in [-0.15, -0.1) is 0 Å². The maximum absolute atomic E-state index is 14.0. The average molecular weight is 347 g/mol. The molecule has 0 saturated carbocycles. The fraction of sp³-hybridized carbons (Fsp3) is 0.316. The largest absolute Gasteiger partial charge is 0.368 e. The van der Waals surface area contributed by atoms with Crippen LogP contribution in [0, 0.1) is 19.7 Å². The summed E-state index contributed by atoms with van der Waals surface area (Å²) in [5.74, 6) is -0.900. The second-order valence-electron chi connectivity index (χ2n) is 6.09. The Bertz CT molecular complexity index is 750. The van der Waals surface area contributed by atoms with E-state index in [0.29, 0.717) is 13.1 Å². The van der Waals surface area contributed by atoms with Crippen molar-refractivity contribution in [2.75, 3.05) is 31.1 Å². The molecule has 1 aliphatic heterocycles. The Morgan fingerprint density at radius 3 is 2.38 bits per heavy atom. The number of piperazine rings is 1. The number of hydrogen-bond acceptors (Lipinski definition) is 2. The van der Waals surface area contributed by atoms with E-state index in [1.54, 1.807) is 11.0 Å². The van der Waals surface area contributed by atoms with E-state index in [-0.39, 0.29) is 16.5 Å². The first-order valence-corrected chi connectivity index (χ1v) is 8.41. The van der Waals surface area contributed by atoms with Gasteiger partial charge >= 0.3 is 0 Å². The van der Waals surface area contributed by atoms with Crippen LogP contribution >= 0.6 is 11.6 Å². The lowest BCUT2D eigenvalue weighted by Gasteiger charge is -2.37. The van der Waals surface area contributed by atoms with Crippen LogP contribution in [0.5, 0.6) is 0 Å². The molecule has 0 aromatic heterocycles. The van der Waals surface area contributed by atoms with Crippen molar-refractivity contribution in [2.45, 2.75) is 13.8 Å². The minimum atomic E-state index is -0.565. The summed E-state index contributed by atoms with van der Waals surface area (Å²) in [6.45, 7) is 6.76. The second kappa shape index (κ2) is 6.81. The summed E-state index contributed by atoms with van der Waals surface area (Å²) in [5, 5.41) is 0.164. The maximum Gasteiger partial charge on any atom is 0.258 e. The lowest BCUT2D eigenvalue weighted by molar-refractivity contribution is 0.0742. The summed E-state index contributed by atoms with van der Waals surface area (Å²) in [6.07, 6.45) is 0. The molecule has 0 radical (unpaired) electrons. The van der Waals surface area contributed by atoms with Crippen molar-refractivity contribution in [1.29, 1.82) is 0 Å². The molecule has 3 rings (SSSR count). The second-order valence-corrected chi connectivity index (χ2v) is 6.50. The smallest absolute Gasteiger partial charge is 0.258 e. The third-order valence-corrected chi connectivity index (χ3v) is 4.98. The van der Waals surface area contributed by atoms with E-state index in [2.05, 4.69) is 30.9 Å². The summed E-state index contributed by atoms with van der Waals surface area (Å²) >= 11 is 6.01. The van der Waals surface area contributed by atoms with Gasteiger partial charge in [0.05, 0.1) is 10.6 Å². The van der Waals surface area contributed by atoms with Crippen molar-refractivity contribution in [3.8, 4) is 0 Å². The number of halogens is 2. The number of nitrogens with zero attached hydrogens (tertiary/aromatic N) is 2. The molecule has 3 nitrogen and oxygen atoms in total. The fourth-order valence-corrected chi connectivity index (χ4v) is 3.33. The van der Waals surface area contributed by atoms with Gasteiger partial charge in [0.25, 0.3) is 5.91 Å². The number of hydrogen-bond donors (Lipinski definition) is 0. The normalized spacial score (nSPS) is 14.8.